The molecule has 3 aromatic carbocycles. The van der Waals surface area contributed by atoms with Crippen LogP contribution in [0.5, 0.6) is 11.5 Å². The van der Waals surface area contributed by atoms with Gasteiger partial charge in [0.2, 0.25) is 0 Å². The van der Waals surface area contributed by atoms with Gasteiger partial charge in [-0.15, -0.1) is 0 Å². The molecule has 0 aliphatic carbocycles. The second kappa shape index (κ2) is 13.6. The maximum absolute atomic E-state index is 14.2. The van der Waals surface area contributed by atoms with Crippen LogP contribution in [0.3, 0.4) is 0 Å². The van der Waals surface area contributed by atoms with E-state index in [2.05, 4.69) is 4.98 Å². The zero-order valence-corrected chi connectivity index (χ0v) is 29.0. The lowest BCUT2D eigenvalue weighted by molar-refractivity contribution is 0.0526. The molecule has 0 aliphatic rings. The molecule has 0 N–H and O–H groups in total. The Hall–Kier alpha value is -6.14. The summed E-state index contributed by atoms with van der Waals surface area (Å²) in [6.45, 7) is 2.22. The quantitative estimate of drug-likeness (QED) is 0.146. The Morgan fingerprint density at radius 2 is 1.69 bits per heavy atom. The number of ether oxygens (including phenoxy) is 3. The van der Waals surface area contributed by atoms with Gasteiger partial charge in [-0.25, -0.2) is 22.2 Å². The molecule has 0 amide bonds. The molecule has 4 aromatic heterocycles. The molecule has 0 atom stereocenters. The minimum Gasteiger partial charge on any atom is -0.497 e. The van der Waals surface area contributed by atoms with Gasteiger partial charge in [-0.2, -0.15) is 0 Å². The summed E-state index contributed by atoms with van der Waals surface area (Å²) in [4.78, 5) is 31.4. The number of carbonyl (C=O) groups is 1. The fraction of sp³-hybridized carbons (Fsp3) is 0.154. The zero-order chi connectivity index (χ0) is 35.7. The van der Waals surface area contributed by atoms with Gasteiger partial charge in [0.05, 0.1) is 37.8 Å². The van der Waals surface area contributed by atoms with Crippen LogP contribution >= 0.6 is 0 Å². The summed E-state index contributed by atoms with van der Waals surface area (Å²) >= 11 is 0. The summed E-state index contributed by atoms with van der Waals surface area (Å²) in [6, 6.07) is 26.1. The van der Waals surface area contributed by atoms with Crippen LogP contribution in [0.15, 0.2) is 125 Å². The molecule has 0 saturated heterocycles. The molecule has 0 radical (unpaired) electrons. The third kappa shape index (κ3) is 6.25. The van der Waals surface area contributed by atoms with Crippen LogP contribution in [0.2, 0.25) is 0 Å². The van der Waals surface area contributed by atoms with Gasteiger partial charge in [-0.1, -0.05) is 30.3 Å². The topological polar surface area (TPSA) is 123 Å². The van der Waals surface area contributed by atoms with Gasteiger partial charge in [-0.3, -0.25) is 4.79 Å². The molecule has 0 fully saturated rings. The van der Waals surface area contributed by atoms with Crippen molar-refractivity contribution in [1.29, 1.82) is 0 Å². The van der Waals surface area contributed by atoms with Gasteiger partial charge in [-0.05, 0) is 67.1 Å². The summed E-state index contributed by atoms with van der Waals surface area (Å²) in [5.74, 6) is 0.778. The van der Waals surface area contributed by atoms with Crippen molar-refractivity contribution in [2.45, 2.75) is 24.8 Å². The molecule has 0 aliphatic heterocycles. The highest BCUT2D eigenvalue weighted by Gasteiger charge is 2.24. The van der Waals surface area contributed by atoms with Crippen LogP contribution in [0, 0.1) is 0 Å². The number of hydrogen-bond acceptors (Lipinski definition) is 8. The average molecular weight is 703 g/mol. The molecule has 51 heavy (non-hydrogen) atoms. The number of aromatic nitrogens is 4. The molecule has 0 spiro atoms. The number of esters is 1. The minimum absolute atomic E-state index is 0.130. The van der Waals surface area contributed by atoms with E-state index in [1.807, 2.05) is 34.9 Å². The lowest BCUT2D eigenvalue weighted by atomic mass is 10.1. The molecular formula is C39H34N4O7S. The molecule has 12 heteroatoms. The maximum Gasteiger partial charge on any atom is 0.338 e. The van der Waals surface area contributed by atoms with Crippen molar-refractivity contribution >= 4 is 32.5 Å². The number of carbonyl (C=O) groups excluding carboxylic acids is 1. The Balaban J connectivity index is 1.40. The lowest BCUT2D eigenvalue weighted by Crippen LogP contribution is -2.24. The predicted molar refractivity (Wildman–Crippen MR) is 193 cm³/mol. The van der Waals surface area contributed by atoms with Gasteiger partial charge >= 0.3 is 5.97 Å². The highest BCUT2D eigenvalue weighted by atomic mass is 32.2. The lowest BCUT2D eigenvalue weighted by Gasteiger charge is -2.15. The molecule has 7 rings (SSSR count). The van der Waals surface area contributed by atoms with E-state index >= 15 is 0 Å². The standard InChI is InChI=1S/C39H34N4O7S/c1-4-50-39(45)27-11-8-10-26(18-27)19-30-24-41(22-28-15-16-31(48-2)21-36(28)49-3)38(44)35-20-29(23-42(30)35)34-25-43(37-33(34)14-9-17-40-37)51(46,47)32-12-6-5-7-13-32/h5-18,20-21,23-25H,4,19,22H2,1-3H3. The minimum atomic E-state index is -3.99. The van der Waals surface area contributed by atoms with Gasteiger partial charge in [0.25, 0.3) is 15.6 Å². The van der Waals surface area contributed by atoms with E-state index in [4.69, 9.17) is 14.2 Å². The van der Waals surface area contributed by atoms with E-state index in [0.717, 1.165) is 16.8 Å². The number of rotatable bonds is 11. The number of methoxy groups -OCH3 is 2. The summed E-state index contributed by atoms with van der Waals surface area (Å²) in [5, 5.41) is 0.611. The molecule has 4 heterocycles. The fourth-order valence-corrected chi connectivity index (χ4v) is 7.60. The van der Waals surface area contributed by atoms with Crippen molar-refractivity contribution in [2.24, 2.45) is 0 Å². The molecule has 0 bridgehead atoms. The monoisotopic (exact) mass is 702 g/mol. The smallest absolute Gasteiger partial charge is 0.338 e. The second-order valence-electron chi connectivity index (χ2n) is 11.8. The number of pyridine rings is 1. The van der Waals surface area contributed by atoms with Gasteiger partial charge in [0.15, 0.2) is 5.65 Å². The first-order valence-electron chi connectivity index (χ1n) is 16.2. The van der Waals surface area contributed by atoms with E-state index in [-0.39, 0.29) is 29.3 Å². The molecule has 258 valence electrons. The molecule has 7 aromatic rings. The van der Waals surface area contributed by atoms with Crippen LogP contribution < -0.4 is 15.0 Å². The van der Waals surface area contributed by atoms with Gasteiger partial charge in [0.1, 0.15) is 17.0 Å². The highest BCUT2D eigenvalue weighted by molar-refractivity contribution is 7.90. The summed E-state index contributed by atoms with van der Waals surface area (Å²) < 4.78 is 48.5. The summed E-state index contributed by atoms with van der Waals surface area (Å²) in [5.41, 5.74) is 4.40. The predicted octanol–water partition coefficient (Wildman–Crippen LogP) is 6.19. The van der Waals surface area contributed by atoms with Crippen LogP contribution in [-0.2, 0) is 27.7 Å². The van der Waals surface area contributed by atoms with Crippen LogP contribution in [0.4, 0.5) is 0 Å². The van der Waals surface area contributed by atoms with E-state index < -0.39 is 16.0 Å². The molecule has 0 unspecified atom stereocenters. The van der Waals surface area contributed by atoms with Crippen molar-refractivity contribution in [1.82, 2.24) is 17.9 Å². The molecular weight excluding hydrogens is 669 g/mol. The second-order valence-corrected chi connectivity index (χ2v) is 13.7. The normalized spacial score (nSPS) is 11.6. The van der Waals surface area contributed by atoms with E-state index in [9.17, 15) is 18.0 Å². The Morgan fingerprint density at radius 1 is 0.863 bits per heavy atom. The third-order valence-corrected chi connectivity index (χ3v) is 10.4. The van der Waals surface area contributed by atoms with Crippen LogP contribution in [0.25, 0.3) is 27.7 Å². The van der Waals surface area contributed by atoms with Crippen molar-refractivity contribution in [3.8, 4) is 22.6 Å². The third-order valence-electron chi connectivity index (χ3n) is 8.72. The maximum atomic E-state index is 14.2. The Kier molecular flexibility index (Phi) is 8.92. The number of benzene rings is 3. The van der Waals surface area contributed by atoms with Crippen molar-refractivity contribution in [3.63, 3.8) is 0 Å². The highest BCUT2D eigenvalue weighted by Crippen LogP contribution is 2.34. The summed E-state index contributed by atoms with van der Waals surface area (Å²) in [6.07, 6.45) is 7.10. The zero-order valence-electron chi connectivity index (χ0n) is 28.1. The van der Waals surface area contributed by atoms with Crippen LogP contribution in [-0.4, -0.2) is 53.1 Å². The SMILES string of the molecule is CCOC(=O)c1cccc(Cc2cn(Cc3ccc(OC)cc3OC)c(=O)c3cc(-c4cn(S(=O)(=O)c5ccccc5)c5ncccc45)cn23)c1. The van der Waals surface area contributed by atoms with Gasteiger partial charge < -0.3 is 23.2 Å². The number of nitrogens with zero attached hydrogens (tertiary/aromatic N) is 4. The Bertz CT molecular complexity index is 2590. The first-order chi connectivity index (χ1) is 24.7. The van der Waals surface area contributed by atoms with Gasteiger partial charge in [0, 0.05) is 65.0 Å². The molecule has 11 nitrogen and oxygen atoms in total. The van der Waals surface area contributed by atoms with Crippen LogP contribution in [0.1, 0.15) is 34.1 Å². The number of fused-ring (bicyclic) bond motifs is 2. The van der Waals surface area contributed by atoms with E-state index in [0.29, 0.717) is 45.5 Å². The molecule has 0 saturated carbocycles. The van der Waals surface area contributed by atoms with Crippen molar-refractivity contribution in [2.75, 3.05) is 20.8 Å². The Morgan fingerprint density at radius 3 is 2.45 bits per heavy atom. The van der Waals surface area contributed by atoms with Crippen molar-refractivity contribution < 1.29 is 27.4 Å². The largest absolute Gasteiger partial charge is 0.497 e. The first-order valence-corrected chi connectivity index (χ1v) is 17.6. The number of hydrogen-bond donors (Lipinski definition) is 0. The average Bonchev–Trinajstić information content (AvgIpc) is 3.78. The van der Waals surface area contributed by atoms with E-state index in [1.165, 1.54) is 3.97 Å². The Labute approximate surface area is 294 Å². The fourth-order valence-electron chi connectivity index (χ4n) is 6.26. The first kappa shape index (κ1) is 33.4. The van der Waals surface area contributed by atoms with E-state index in [1.54, 1.807) is 111 Å². The summed E-state index contributed by atoms with van der Waals surface area (Å²) in [7, 11) is -0.847. The van der Waals surface area contributed by atoms with Crippen molar-refractivity contribution in [3.05, 3.63) is 149 Å².